The van der Waals surface area contributed by atoms with E-state index in [9.17, 15) is 29.8 Å². The first kappa shape index (κ1) is 29.2. The molecular weight excluding hydrogens is 464 g/mol. The number of aliphatic hydroxyl groups is 1. The first-order valence-electron chi connectivity index (χ1n) is 9.40. The summed E-state index contributed by atoms with van der Waals surface area (Å²) in [6.45, 7) is -0.0754. The molecule has 2 aromatic rings. The Bertz CT molecular complexity index is 837. The van der Waals surface area contributed by atoms with Crippen LogP contribution < -0.4 is 0 Å². The highest BCUT2D eigenvalue weighted by Gasteiger charge is 2.05. The van der Waals surface area contributed by atoms with Gasteiger partial charge in [-0.05, 0) is 30.2 Å². The van der Waals surface area contributed by atoms with Crippen molar-refractivity contribution in [2.24, 2.45) is 0 Å². The van der Waals surface area contributed by atoms with Crippen LogP contribution in [0.1, 0.15) is 33.6 Å². The Morgan fingerprint density at radius 1 is 0.788 bits per heavy atom. The average Bonchev–Trinajstić information content (AvgIpc) is 2.80. The summed E-state index contributed by atoms with van der Waals surface area (Å²) in [4.78, 5) is 48.8. The van der Waals surface area contributed by atoms with Crippen molar-refractivity contribution in [3.63, 3.8) is 0 Å². The Kier molecular flexibility index (Phi) is 16.8. The molecule has 0 aliphatic heterocycles. The molecule has 1 N–H and O–H groups in total. The molecule has 0 spiro atoms. The van der Waals surface area contributed by atoms with Gasteiger partial charge in [0.15, 0.2) is 0 Å². The molecule has 0 aromatic heterocycles. The predicted octanol–water partition coefficient (Wildman–Crippen LogP) is 3.08. The average molecular weight is 487 g/mol. The van der Waals surface area contributed by atoms with Crippen molar-refractivity contribution in [3.05, 3.63) is 92.0 Å². The van der Waals surface area contributed by atoms with Crippen LogP contribution in [0, 0.1) is 20.2 Å². The second-order valence-electron chi connectivity index (χ2n) is 5.69. The number of benzene rings is 2. The molecule has 33 heavy (non-hydrogen) atoms. The molecular formula is C20H23ClN2O10. The number of hydrogen-bond donors (Lipinski definition) is 1. The van der Waals surface area contributed by atoms with Gasteiger partial charge in [0, 0.05) is 18.6 Å². The zero-order valence-electron chi connectivity index (χ0n) is 17.4. The minimum atomic E-state index is -0.879. The Labute approximate surface area is 193 Å². The van der Waals surface area contributed by atoms with Crippen LogP contribution >= 0.6 is 11.6 Å². The zero-order valence-corrected chi connectivity index (χ0v) is 18.2. The number of hydrogen-bond acceptors (Lipinski definition) is 10. The Hall–Kier alpha value is -3.77. The lowest BCUT2D eigenvalue weighted by Gasteiger charge is -2.03. The topological polar surface area (TPSA) is 168 Å². The second-order valence-corrected chi connectivity index (χ2v) is 6.03. The van der Waals surface area contributed by atoms with Gasteiger partial charge in [0.1, 0.15) is 0 Å². The Morgan fingerprint density at radius 3 is 1.64 bits per heavy atom. The van der Waals surface area contributed by atoms with E-state index in [2.05, 4.69) is 9.68 Å². The summed E-state index contributed by atoms with van der Waals surface area (Å²) in [5.41, 5.74) is 0.997. The van der Waals surface area contributed by atoms with E-state index in [1.54, 1.807) is 54.6 Å². The van der Waals surface area contributed by atoms with Crippen LogP contribution in [0.25, 0.3) is 0 Å². The summed E-state index contributed by atoms with van der Waals surface area (Å²) in [5.74, 6) is -0.443. The summed E-state index contributed by atoms with van der Waals surface area (Å²) in [6.07, 6.45) is 0.598. The number of nitrogens with zero attached hydrogens (tertiary/aromatic N) is 2. The lowest BCUT2D eigenvalue weighted by Crippen LogP contribution is -2.09. The third-order valence-electron chi connectivity index (χ3n) is 3.23. The molecule has 180 valence electrons. The van der Waals surface area contributed by atoms with E-state index in [1.807, 2.05) is 6.07 Å². The van der Waals surface area contributed by atoms with Crippen LogP contribution in [0.4, 0.5) is 0 Å². The first-order chi connectivity index (χ1) is 15.8. The van der Waals surface area contributed by atoms with Gasteiger partial charge in [0.05, 0.1) is 25.4 Å². The second kappa shape index (κ2) is 19.0. The van der Waals surface area contributed by atoms with E-state index in [4.69, 9.17) is 21.4 Å². The van der Waals surface area contributed by atoms with Crippen LogP contribution in [0.3, 0.4) is 0 Å². The Balaban J connectivity index is 0.000000511. The van der Waals surface area contributed by atoms with Crippen molar-refractivity contribution in [2.45, 2.75) is 12.8 Å². The fraction of sp³-hybridized carbons (Fsp3) is 0.300. The van der Waals surface area contributed by atoms with Gasteiger partial charge in [-0.15, -0.1) is 20.2 Å². The molecule has 0 fully saturated rings. The number of carbonyl (C=O) groups excluding carboxylic acids is 2. The Morgan fingerprint density at radius 2 is 1.24 bits per heavy atom. The van der Waals surface area contributed by atoms with Crippen molar-refractivity contribution < 1.29 is 39.3 Å². The van der Waals surface area contributed by atoms with Gasteiger partial charge in [-0.2, -0.15) is 0 Å². The van der Waals surface area contributed by atoms with Crippen molar-refractivity contribution in [1.82, 2.24) is 0 Å². The van der Waals surface area contributed by atoms with Gasteiger partial charge < -0.3 is 19.5 Å². The lowest BCUT2D eigenvalue weighted by atomic mass is 10.2. The highest BCUT2D eigenvalue weighted by Crippen LogP contribution is 2.02. The quantitative estimate of drug-likeness (QED) is 0.164. The highest BCUT2D eigenvalue weighted by molar-refractivity contribution is 6.67. The molecule has 0 saturated heterocycles. The molecule has 0 aliphatic carbocycles. The van der Waals surface area contributed by atoms with Gasteiger partial charge in [-0.1, -0.05) is 48.5 Å². The number of aliphatic hydroxyl groups excluding tert-OH is 1. The van der Waals surface area contributed by atoms with Crippen molar-refractivity contribution in [2.75, 3.05) is 26.4 Å². The van der Waals surface area contributed by atoms with Gasteiger partial charge in [0.25, 0.3) is 15.4 Å². The van der Waals surface area contributed by atoms with E-state index in [0.29, 0.717) is 24.0 Å². The molecule has 0 unspecified atom stereocenters. The van der Waals surface area contributed by atoms with Gasteiger partial charge in [-0.3, -0.25) is 4.79 Å². The smallest absolute Gasteiger partial charge is 0.338 e. The third-order valence-corrected chi connectivity index (χ3v) is 3.45. The molecule has 0 bridgehead atoms. The van der Waals surface area contributed by atoms with Crippen LogP contribution in [0.15, 0.2) is 60.7 Å². The van der Waals surface area contributed by atoms with Crippen LogP contribution in [0.2, 0.25) is 0 Å². The number of carbonyl (C=O) groups is 2. The van der Waals surface area contributed by atoms with Crippen molar-refractivity contribution in [3.8, 4) is 0 Å². The van der Waals surface area contributed by atoms with Gasteiger partial charge in [0.2, 0.25) is 0 Å². The standard InChI is InChI=1S/C10H11NO5.C7H5ClO.C3H7NO4/c12-10(9-5-2-1-3-6-9)15-7-4-8-16-11(13)14;8-7(9)6-4-2-1-3-5-6;5-2-1-3-8-4(6)7/h1-3,5-6H,4,7-8H2;1-5H;5H,1-3H2. The monoisotopic (exact) mass is 486 g/mol. The fourth-order valence-corrected chi connectivity index (χ4v) is 1.92. The molecule has 2 aromatic carbocycles. The highest BCUT2D eigenvalue weighted by atomic mass is 35.5. The van der Waals surface area contributed by atoms with E-state index in [0.717, 1.165) is 0 Å². The third kappa shape index (κ3) is 17.6. The predicted molar refractivity (Wildman–Crippen MR) is 116 cm³/mol. The minimum Gasteiger partial charge on any atom is -0.462 e. The molecule has 0 saturated carbocycles. The number of rotatable bonds is 11. The van der Waals surface area contributed by atoms with E-state index < -0.39 is 21.4 Å². The summed E-state index contributed by atoms with van der Waals surface area (Å²) in [6, 6.07) is 17.3. The maximum atomic E-state index is 11.3. The molecule has 0 radical (unpaired) electrons. The summed E-state index contributed by atoms with van der Waals surface area (Å²) in [7, 11) is 0. The number of esters is 1. The van der Waals surface area contributed by atoms with E-state index in [-0.39, 0.29) is 26.4 Å². The molecule has 0 amide bonds. The number of halogens is 1. The van der Waals surface area contributed by atoms with E-state index in [1.165, 1.54) is 0 Å². The normalized spacial score (nSPS) is 9.15. The van der Waals surface area contributed by atoms with Crippen LogP contribution in [-0.4, -0.2) is 52.9 Å². The minimum absolute atomic E-state index is 0.0243. The number of ether oxygens (including phenoxy) is 1. The summed E-state index contributed by atoms with van der Waals surface area (Å²) in [5, 5.41) is 25.1. The maximum Gasteiger partial charge on any atom is 0.338 e. The SMILES string of the molecule is O=C(Cl)c1ccccc1.O=C(OCCCO[N+](=O)[O-])c1ccccc1.O=[N+]([O-])OCCCO. The molecule has 0 aliphatic rings. The van der Waals surface area contributed by atoms with Crippen LogP contribution in [-0.2, 0) is 14.4 Å². The molecule has 0 atom stereocenters. The maximum absolute atomic E-state index is 11.3. The van der Waals surface area contributed by atoms with Gasteiger partial charge in [-0.25, -0.2) is 4.79 Å². The first-order valence-corrected chi connectivity index (χ1v) is 9.78. The molecule has 2 rings (SSSR count). The lowest BCUT2D eigenvalue weighted by molar-refractivity contribution is -0.757. The fourth-order valence-electron chi connectivity index (χ4n) is 1.79. The van der Waals surface area contributed by atoms with Crippen molar-refractivity contribution in [1.29, 1.82) is 0 Å². The largest absolute Gasteiger partial charge is 0.462 e. The molecule has 13 heteroatoms. The van der Waals surface area contributed by atoms with Crippen molar-refractivity contribution >= 4 is 22.8 Å². The van der Waals surface area contributed by atoms with Crippen LogP contribution in [0.5, 0.6) is 0 Å². The van der Waals surface area contributed by atoms with Gasteiger partial charge >= 0.3 is 5.97 Å². The summed E-state index contributed by atoms with van der Waals surface area (Å²) >= 11 is 5.16. The molecule has 12 nitrogen and oxygen atoms in total. The zero-order chi connectivity index (χ0) is 24.9. The summed E-state index contributed by atoms with van der Waals surface area (Å²) < 4.78 is 4.87. The molecule has 0 heterocycles. The van der Waals surface area contributed by atoms with E-state index >= 15 is 0 Å².